The number of anilines is 1. The van der Waals surface area contributed by atoms with Gasteiger partial charge in [0.25, 0.3) is 5.91 Å². The van der Waals surface area contributed by atoms with E-state index in [9.17, 15) is 14.4 Å². The van der Waals surface area contributed by atoms with Gasteiger partial charge in [0.05, 0.1) is 19.8 Å². The Morgan fingerprint density at radius 2 is 1.65 bits per heavy atom. The Morgan fingerprint density at radius 3 is 2.32 bits per heavy atom. The molecule has 31 heavy (non-hydrogen) atoms. The number of amides is 3. The van der Waals surface area contributed by atoms with E-state index in [0.29, 0.717) is 42.5 Å². The summed E-state index contributed by atoms with van der Waals surface area (Å²) in [4.78, 5) is 37.9. The molecule has 0 radical (unpaired) electrons. The summed E-state index contributed by atoms with van der Waals surface area (Å²) in [6, 6.07) is 12.1. The second-order valence-electron chi connectivity index (χ2n) is 6.79. The van der Waals surface area contributed by atoms with Crippen LogP contribution in [0.3, 0.4) is 0 Å². The molecule has 0 aliphatic heterocycles. The van der Waals surface area contributed by atoms with Crippen LogP contribution in [0, 0.1) is 0 Å². The third-order valence-corrected chi connectivity index (χ3v) is 4.45. The van der Waals surface area contributed by atoms with Crippen LogP contribution >= 0.6 is 0 Å². The zero-order valence-electron chi connectivity index (χ0n) is 18.4. The Bertz CT molecular complexity index is 929. The highest BCUT2D eigenvalue weighted by Crippen LogP contribution is 2.28. The fraction of sp³-hybridized carbons (Fsp3) is 0.348. The van der Waals surface area contributed by atoms with Gasteiger partial charge in [0.15, 0.2) is 11.5 Å². The van der Waals surface area contributed by atoms with E-state index in [4.69, 9.17) is 9.47 Å². The zero-order valence-corrected chi connectivity index (χ0v) is 18.4. The van der Waals surface area contributed by atoms with Gasteiger partial charge in [-0.25, -0.2) is 0 Å². The average Bonchev–Trinajstić information content (AvgIpc) is 2.74. The fourth-order valence-electron chi connectivity index (χ4n) is 2.80. The maximum Gasteiger partial charge on any atom is 0.251 e. The van der Waals surface area contributed by atoms with Crippen LogP contribution in [0.25, 0.3) is 0 Å². The van der Waals surface area contributed by atoms with Crippen LogP contribution in [0.1, 0.15) is 36.7 Å². The van der Waals surface area contributed by atoms with Crippen molar-refractivity contribution in [1.29, 1.82) is 0 Å². The molecule has 3 amide bonds. The number of carbonyl (C=O) groups excluding carboxylic acids is 3. The first-order chi connectivity index (χ1) is 14.8. The monoisotopic (exact) mass is 427 g/mol. The fourth-order valence-corrected chi connectivity index (χ4v) is 2.80. The molecule has 0 heterocycles. The van der Waals surface area contributed by atoms with E-state index in [2.05, 4.69) is 10.6 Å². The lowest BCUT2D eigenvalue weighted by atomic mass is 10.1. The lowest BCUT2D eigenvalue weighted by molar-refractivity contribution is -0.128. The van der Waals surface area contributed by atoms with E-state index in [1.54, 1.807) is 42.3 Å². The van der Waals surface area contributed by atoms with Gasteiger partial charge in [-0.05, 0) is 43.7 Å². The van der Waals surface area contributed by atoms with E-state index < -0.39 is 5.91 Å². The minimum absolute atomic E-state index is 0.0739. The molecule has 166 valence electrons. The second-order valence-corrected chi connectivity index (χ2v) is 6.79. The van der Waals surface area contributed by atoms with Crippen molar-refractivity contribution in [2.24, 2.45) is 0 Å². The smallest absolute Gasteiger partial charge is 0.251 e. The Morgan fingerprint density at radius 1 is 0.968 bits per heavy atom. The van der Waals surface area contributed by atoms with Crippen molar-refractivity contribution in [2.75, 3.05) is 32.1 Å². The Labute approximate surface area is 182 Å². The largest absolute Gasteiger partial charge is 0.490 e. The summed E-state index contributed by atoms with van der Waals surface area (Å²) in [6.45, 7) is 6.28. The van der Waals surface area contributed by atoms with Gasteiger partial charge in [0.2, 0.25) is 11.8 Å². The van der Waals surface area contributed by atoms with Crippen molar-refractivity contribution in [1.82, 2.24) is 10.2 Å². The molecule has 0 aliphatic rings. The molecule has 2 rings (SSSR count). The van der Waals surface area contributed by atoms with Gasteiger partial charge in [-0.3, -0.25) is 14.4 Å². The molecule has 8 heteroatoms. The molecule has 8 nitrogen and oxygen atoms in total. The molecule has 0 spiro atoms. The molecule has 0 fully saturated rings. The normalized spacial score (nSPS) is 10.2. The van der Waals surface area contributed by atoms with Crippen LogP contribution < -0.4 is 20.1 Å². The quantitative estimate of drug-likeness (QED) is 0.608. The Balaban J connectivity index is 2.00. The number of benzene rings is 2. The van der Waals surface area contributed by atoms with Crippen LogP contribution in [0.2, 0.25) is 0 Å². The zero-order chi connectivity index (χ0) is 22.8. The van der Waals surface area contributed by atoms with Gasteiger partial charge in [0.1, 0.15) is 0 Å². The molecule has 0 saturated heterocycles. The van der Waals surface area contributed by atoms with Gasteiger partial charge < -0.3 is 25.0 Å². The molecule has 2 N–H and O–H groups in total. The third kappa shape index (κ3) is 7.02. The van der Waals surface area contributed by atoms with E-state index in [1.807, 2.05) is 26.0 Å². The van der Waals surface area contributed by atoms with Crippen LogP contribution in [-0.2, 0) is 16.1 Å². The van der Waals surface area contributed by atoms with Crippen LogP contribution in [0.15, 0.2) is 42.5 Å². The molecule has 0 aliphatic carbocycles. The van der Waals surface area contributed by atoms with Crippen molar-refractivity contribution in [3.05, 3.63) is 53.6 Å². The summed E-state index contributed by atoms with van der Waals surface area (Å²) in [5.74, 6) is 0.192. The van der Waals surface area contributed by atoms with Crippen molar-refractivity contribution in [3.63, 3.8) is 0 Å². The van der Waals surface area contributed by atoms with Crippen LogP contribution in [0.4, 0.5) is 5.69 Å². The number of para-hydroxylation sites is 1. The molecule has 0 atom stereocenters. The second kappa shape index (κ2) is 11.6. The number of hydrogen-bond acceptors (Lipinski definition) is 5. The number of ether oxygens (including phenoxy) is 2. The molecule has 0 bridgehead atoms. The summed E-state index contributed by atoms with van der Waals surface area (Å²) in [5.41, 5.74) is 1.76. The molecular weight excluding hydrogens is 398 g/mol. The topological polar surface area (TPSA) is 97.0 Å². The van der Waals surface area contributed by atoms with E-state index >= 15 is 0 Å². The molecular formula is C23H29N3O5. The molecule has 0 saturated carbocycles. The van der Waals surface area contributed by atoms with Crippen molar-refractivity contribution < 1.29 is 23.9 Å². The summed E-state index contributed by atoms with van der Waals surface area (Å²) in [6.07, 6.45) is 0. The highest BCUT2D eigenvalue weighted by Gasteiger charge is 2.14. The van der Waals surface area contributed by atoms with E-state index in [-0.39, 0.29) is 18.4 Å². The first-order valence-corrected chi connectivity index (χ1v) is 10.1. The molecule has 0 aromatic heterocycles. The van der Waals surface area contributed by atoms with Gasteiger partial charge >= 0.3 is 0 Å². The SMILES string of the molecule is CCOc1ccc(C(=O)NCC(=O)Nc2ccccc2CN(C)C(C)=O)cc1OCC. The highest BCUT2D eigenvalue weighted by molar-refractivity contribution is 6.00. The first-order valence-electron chi connectivity index (χ1n) is 10.1. The van der Waals surface area contributed by atoms with Crippen LogP contribution in [-0.4, -0.2) is 49.4 Å². The van der Waals surface area contributed by atoms with Crippen molar-refractivity contribution in [3.8, 4) is 11.5 Å². The summed E-state index contributed by atoms with van der Waals surface area (Å²) < 4.78 is 11.0. The Hall–Kier alpha value is -3.55. The van der Waals surface area contributed by atoms with Crippen LogP contribution in [0.5, 0.6) is 11.5 Å². The number of nitrogens with one attached hydrogen (secondary N) is 2. The highest BCUT2D eigenvalue weighted by atomic mass is 16.5. The summed E-state index contributed by atoms with van der Waals surface area (Å²) in [7, 11) is 1.69. The number of carbonyl (C=O) groups is 3. The van der Waals surface area contributed by atoms with Gasteiger partial charge in [-0.2, -0.15) is 0 Å². The number of hydrogen-bond donors (Lipinski definition) is 2. The average molecular weight is 428 g/mol. The predicted octanol–water partition coefficient (Wildman–Crippen LogP) is 2.83. The summed E-state index contributed by atoms with van der Waals surface area (Å²) in [5, 5.41) is 5.39. The number of rotatable bonds is 10. The first kappa shape index (κ1) is 23.7. The molecule has 2 aromatic carbocycles. The van der Waals surface area contributed by atoms with Crippen molar-refractivity contribution in [2.45, 2.75) is 27.3 Å². The number of nitrogens with zero attached hydrogens (tertiary/aromatic N) is 1. The minimum atomic E-state index is -0.399. The molecule has 2 aromatic rings. The summed E-state index contributed by atoms with van der Waals surface area (Å²) >= 11 is 0. The lowest BCUT2D eigenvalue weighted by Crippen LogP contribution is -2.33. The maximum absolute atomic E-state index is 12.5. The van der Waals surface area contributed by atoms with Gasteiger partial charge in [0, 0.05) is 31.8 Å². The van der Waals surface area contributed by atoms with Gasteiger partial charge in [-0.1, -0.05) is 18.2 Å². The third-order valence-electron chi connectivity index (χ3n) is 4.45. The Kier molecular flexibility index (Phi) is 8.87. The van der Waals surface area contributed by atoms with Gasteiger partial charge in [-0.15, -0.1) is 0 Å². The van der Waals surface area contributed by atoms with E-state index in [0.717, 1.165) is 5.56 Å². The minimum Gasteiger partial charge on any atom is -0.490 e. The maximum atomic E-state index is 12.5. The van der Waals surface area contributed by atoms with E-state index in [1.165, 1.54) is 6.92 Å². The van der Waals surface area contributed by atoms with Crippen molar-refractivity contribution >= 4 is 23.4 Å². The predicted molar refractivity (Wildman–Crippen MR) is 118 cm³/mol. The standard InChI is InChI=1S/C23H29N3O5/c1-5-30-20-12-11-17(13-21(20)31-6-2)23(29)24-14-22(28)25-19-10-8-7-9-18(19)15-26(4)16(3)27/h7-13H,5-6,14-15H2,1-4H3,(H,24,29)(H,25,28). The molecule has 0 unspecified atom stereocenters. The lowest BCUT2D eigenvalue weighted by Gasteiger charge is -2.18.